The first-order valence-corrected chi connectivity index (χ1v) is 12.6. The van der Waals surface area contributed by atoms with Gasteiger partial charge in [-0.25, -0.2) is 21.6 Å². The van der Waals surface area contributed by atoms with E-state index >= 15 is 0 Å². The van der Waals surface area contributed by atoms with E-state index in [2.05, 4.69) is 4.72 Å². The van der Waals surface area contributed by atoms with Crippen molar-refractivity contribution in [2.45, 2.75) is 22.6 Å². The second kappa shape index (κ2) is 9.86. The van der Waals surface area contributed by atoms with Gasteiger partial charge < -0.3 is 14.2 Å². The lowest BCUT2D eigenvalue weighted by Gasteiger charge is -2.16. The van der Waals surface area contributed by atoms with Gasteiger partial charge in [0.2, 0.25) is 20.0 Å². The van der Waals surface area contributed by atoms with Gasteiger partial charge in [0.05, 0.1) is 19.1 Å². The molecule has 1 heterocycles. The van der Waals surface area contributed by atoms with E-state index in [1.54, 1.807) is 18.2 Å². The summed E-state index contributed by atoms with van der Waals surface area (Å²) in [5.41, 5.74) is 0. The lowest BCUT2D eigenvalue weighted by Crippen LogP contribution is -2.28. The van der Waals surface area contributed by atoms with Crippen molar-refractivity contribution in [2.75, 3.05) is 40.5 Å². The van der Waals surface area contributed by atoms with Crippen LogP contribution in [0.15, 0.2) is 52.3 Å². The van der Waals surface area contributed by atoms with Crippen molar-refractivity contribution >= 4 is 20.0 Å². The highest BCUT2D eigenvalue weighted by Crippen LogP contribution is 2.28. The van der Waals surface area contributed by atoms with Crippen molar-refractivity contribution in [1.82, 2.24) is 9.03 Å². The average Bonchev–Trinajstić information content (AvgIpc) is 3.32. The Balaban J connectivity index is 1.57. The molecule has 2 aromatic carbocycles. The predicted octanol–water partition coefficient (Wildman–Crippen LogP) is 1.85. The first kappa shape index (κ1) is 23.3. The van der Waals surface area contributed by atoms with Gasteiger partial charge in [-0.3, -0.25) is 0 Å². The molecule has 0 spiro atoms. The van der Waals surface area contributed by atoms with Gasteiger partial charge in [-0.2, -0.15) is 4.31 Å². The molecule has 1 N–H and O–H groups in total. The van der Waals surface area contributed by atoms with Crippen LogP contribution in [0.25, 0.3) is 0 Å². The smallest absolute Gasteiger partial charge is 0.244 e. The fourth-order valence-corrected chi connectivity index (χ4v) is 5.91. The molecular formula is C20H26N2O7S2. The fraction of sp³-hybridized carbons (Fsp3) is 0.400. The number of methoxy groups -OCH3 is 2. The quantitative estimate of drug-likeness (QED) is 0.528. The van der Waals surface area contributed by atoms with Crippen LogP contribution in [0, 0.1) is 0 Å². The number of ether oxygens (including phenoxy) is 3. The van der Waals surface area contributed by atoms with Crippen molar-refractivity contribution < 1.29 is 31.0 Å². The van der Waals surface area contributed by atoms with Gasteiger partial charge in [0, 0.05) is 25.7 Å². The van der Waals surface area contributed by atoms with Crippen molar-refractivity contribution in [3.8, 4) is 17.2 Å². The SMILES string of the molecule is COc1ccc(OC)c(S(=O)(=O)NCCOc2ccc(S(=O)(=O)N3CCCC3)cc2)c1. The van der Waals surface area contributed by atoms with E-state index in [0.717, 1.165) is 12.8 Å². The van der Waals surface area contributed by atoms with Crippen LogP contribution in [0.1, 0.15) is 12.8 Å². The monoisotopic (exact) mass is 470 g/mol. The maximum absolute atomic E-state index is 12.6. The molecule has 1 aliphatic rings. The molecule has 2 aromatic rings. The van der Waals surface area contributed by atoms with Gasteiger partial charge in [0.15, 0.2) is 0 Å². The zero-order valence-corrected chi connectivity index (χ0v) is 19.0. The lowest BCUT2D eigenvalue weighted by atomic mass is 10.3. The molecule has 0 saturated carbocycles. The summed E-state index contributed by atoms with van der Waals surface area (Å²) in [4.78, 5) is 0.179. The Morgan fingerprint density at radius 2 is 1.55 bits per heavy atom. The molecule has 0 radical (unpaired) electrons. The Kier molecular flexibility index (Phi) is 7.42. The summed E-state index contributed by atoms with van der Waals surface area (Å²) in [5, 5.41) is 0. The molecule has 170 valence electrons. The predicted molar refractivity (Wildman–Crippen MR) is 115 cm³/mol. The average molecular weight is 471 g/mol. The van der Waals surface area contributed by atoms with Gasteiger partial charge in [0.25, 0.3) is 0 Å². The normalized spacial score (nSPS) is 15.0. The third-order valence-electron chi connectivity index (χ3n) is 4.85. The van der Waals surface area contributed by atoms with E-state index < -0.39 is 20.0 Å². The fourth-order valence-electron chi connectivity index (χ4n) is 3.20. The molecule has 1 fully saturated rings. The minimum atomic E-state index is -3.85. The summed E-state index contributed by atoms with van der Waals surface area (Å²) in [6.45, 7) is 1.15. The van der Waals surface area contributed by atoms with Gasteiger partial charge in [0.1, 0.15) is 28.8 Å². The van der Waals surface area contributed by atoms with E-state index in [1.807, 2.05) is 0 Å². The molecule has 0 atom stereocenters. The van der Waals surface area contributed by atoms with Crippen LogP contribution >= 0.6 is 0 Å². The van der Waals surface area contributed by atoms with Crippen LogP contribution in [0.4, 0.5) is 0 Å². The Morgan fingerprint density at radius 1 is 0.903 bits per heavy atom. The maximum Gasteiger partial charge on any atom is 0.244 e. The largest absolute Gasteiger partial charge is 0.497 e. The number of hydrogen-bond acceptors (Lipinski definition) is 7. The standard InChI is InChI=1S/C20H26N2O7S2/c1-27-17-7-10-19(28-2)20(15-17)30(23,24)21-11-14-29-16-5-8-18(9-6-16)31(25,26)22-12-3-4-13-22/h5-10,15,21H,3-4,11-14H2,1-2H3. The van der Waals surface area contributed by atoms with Crippen molar-refractivity contribution in [3.63, 3.8) is 0 Å². The maximum atomic E-state index is 12.6. The molecule has 3 rings (SSSR count). The number of nitrogens with zero attached hydrogens (tertiary/aromatic N) is 1. The Hall–Kier alpha value is -2.34. The lowest BCUT2D eigenvalue weighted by molar-refractivity contribution is 0.322. The van der Waals surface area contributed by atoms with Gasteiger partial charge in [-0.05, 0) is 49.2 Å². The van der Waals surface area contributed by atoms with Crippen molar-refractivity contribution in [1.29, 1.82) is 0 Å². The second-order valence-corrected chi connectivity index (χ2v) is 10.5. The third kappa shape index (κ3) is 5.48. The number of nitrogens with one attached hydrogen (secondary N) is 1. The van der Waals surface area contributed by atoms with E-state index in [0.29, 0.717) is 24.6 Å². The highest BCUT2D eigenvalue weighted by atomic mass is 32.2. The molecule has 0 amide bonds. The highest BCUT2D eigenvalue weighted by molar-refractivity contribution is 7.89. The van der Waals surface area contributed by atoms with Crippen LogP contribution in [-0.4, -0.2) is 61.6 Å². The second-order valence-electron chi connectivity index (χ2n) is 6.85. The third-order valence-corrected chi connectivity index (χ3v) is 8.24. The molecule has 11 heteroatoms. The first-order valence-electron chi connectivity index (χ1n) is 9.72. The minimum absolute atomic E-state index is 0.0104. The van der Waals surface area contributed by atoms with Gasteiger partial charge in [-0.1, -0.05) is 0 Å². The molecule has 0 unspecified atom stereocenters. The number of benzene rings is 2. The minimum Gasteiger partial charge on any atom is -0.497 e. The summed E-state index contributed by atoms with van der Waals surface area (Å²) in [7, 11) is -4.49. The summed E-state index contributed by atoms with van der Waals surface area (Å²) in [5.74, 6) is 1.03. The van der Waals surface area contributed by atoms with Crippen LogP contribution in [0.2, 0.25) is 0 Å². The molecule has 0 aromatic heterocycles. The number of hydrogen-bond donors (Lipinski definition) is 1. The zero-order chi connectivity index (χ0) is 22.5. The number of rotatable bonds is 10. The molecule has 31 heavy (non-hydrogen) atoms. The summed E-state index contributed by atoms with van der Waals surface area (Å²) < 4.78 is 69.9. The first-order chi connectivity index (χ1) is 14.8. The van der Waals surface area contributed by atoms with E-state index in [-0.39, 0.29) is 28.7 Å². The van der Waals surface area contributed by atoms with Crippen molar-refractivity contribution in [3.05, 3.63) is 42.5 Å². The van der Waals surface area contributed by atoms with Crippen LogP contribution in [0.3, 0.4) is 0 Å². The topological polar surface area (TPSA) is 111 Å². The van der Waals surface area contributed by atoms with Crippen LogP contribution < -0.4 is 18.9 Å². The summed E-state index contributed by atoms with van der Waals surface area (Å²) >= 11 is 0. The highest BCUT2D eigenvalue weighted by Gasteiger charge is 2.27. The van der Waals surface area contributed by atoms with E-state index in [1.165, 1.54) is 42.8 Å². The summed E-state index contributed by atoms with van der Waals surface area (Å²) in [6, 6.07) is 10.6. The summed E-state index contributed by atoms with van der Waals surface area (Å²) in [6.07, 6.45) is 1.75. The molecule has 1 saturated heterocycles. The Labute approximate surface area is 183 Å². The molecule has 0 bridgehead atoms. The van der Waals surface area contributed by atoms with Crippen LogP contribution in [0.5, 0.6) is 17.2 Å². The van der Waals surface area contributed by atoms with Gasteiger partial charge >= 0.3 is 0 Å². The van der Waals surface area contributed by atoms with E-state index in [9.17, 15) is 16.8 Å². The van der Waals surface area contributed by atoms with E-state index in [4.69, 9.17) is 14.2 Å². The number of sulfonamides is 2. The van der Waals surface area contributed by atoms with Crippen LogP contribution in [-0.2, 0) is 20.0 Å². The molecule has 9 nitrogen and oxygen atoms in total. The van der Waals surface area contributed by atoms with Gasteiger partial charge in [-0.15, -0.1) is 0 Å². The molecular weight excluding hydrogens is 444 g/mol. The molecule has 1 aliphatic heterocycles. The van der Waals surface area contributed by atoms with Crippen molar-refractivity contribution in [2.24, 2.45) is 0 Å². The molecule has 0 aliphatic carbocycles. The zero-order valence-electron chi connectivity index (χ0n) is 17.4. The Bertz CT molecular complexity index is 1090. The Morgan fingerprint density at radius 3 is 2.16 bits per heavy atom.